The Hall–Kier alpha value is -1.88. The van der Waals surface area contributed by atoms with Gasteiger partial charge in [0.05, 0.1) is 0 Å². The van der Waals surface area contributed by atoms with Crippen molar-refractivity contribution in [2.45, 2.75) is 27.2 Å². The second-order valence-corrected chi connectivity index (χ2v) is 5.22. The topological polar surface area (TPSA) is 84.2 Å². The Balaban J connectivity index is 2.72. The molecule has 0 saturated heterocycles. The van der Waals surface area contributed by atoms with E-state index in [0.717, 1.165) is 5.56 Å². The van der Waals surface area contributed by atoms with Crippen LogP contribution in [0.15, 0.2) is 18.2 Å². The fraction of sp³-hybridized carbons (Fsp3) is 0.467. The molecule has 0 radical (unpaired) electrons. The van der Waals surface area contributed by atoms with Gasteiger partial charge in [0.25, 0.3) is 5.91 Å². The molecular formula is C15H23N3O2. The fourth-order valence-electron chi connectivity index (χ4n) is 1.69. The Kier molecular flexibility index (Phi) is 6.18. The Labute approximate surface area is 119 Å². The van der Waals surface area contributed by atoms with Crippen molar-refractivity contribution in [2.75, 3.05) is 18.4 Å². The minimum atomic E-state index is -0.118. The van der Waals surface area contributed by atoms with E-state index < -0.39 is 0 Å². The van der Waals surface area contributed by atoms with Crippen molar-refractivity contribution < 1.29 is 9.59 Å². The zero-order valence-corrected chi connectivity index (χ0v) is 12.3. The number of nitrogens with one attached hydrogen (secondary N) is 2. The summed E-state index contributed by atoms with van der Waals surface area (Å²) < 4.78 is 0. The average molecular weight is 277 g/mol. The van der Waals surface area contributed by atoms with E-state index in [1.165, 1.54) is 0 Å². The first-order valence-corrected chi connectivity index (χ1v) is 6.82. The van der Waals surface area contributed by atoms with E-state index in [4.69, 9.17) is 5.73 Å². The third kappa shape index (κ3) is 5.01. The molecule has 0 aliphatic carbocycles. The first kappa shape index (κ1) is 16.2. The van der Waals surface area contributed by atoms with E-state index >= 15 is 0 Å². The highest BCUT2D eigenvalue weighted by atomic mass is 16.2. The lowest BCUT2D eigenvalue weighted by Gasteiger charge is -2.11. The molecular weight excluding hydrogens is 254 g/mol. The molecule has 0 fully saturated rings. The van der Waals surface area contributed by atoms with Gasteiger partial charge in [-0.25, -0.2) is 0 Å². The Bertz CT molecular complexity index is 484. The predicted molar refractivity (Wildman–Crippen MR) is 80.7 cm³/mol. The van der Waals surface area contributed by atoms with Gasteiger partial charge in [-0.3, -0.25) is 9.59 Å². The van der Waals surface area contributed by atoms with Crippen LogP contribution in [0.3, 0.4) is 0 Å². The monoisotopic (exact) mass is 277 g/mol. The molecule has 0 unspecified atom stereocenters. The van der Waals surface area contributed by atoms with E-state index in [0.29, 0.717) is 30.3 Å². The van der Waals surface area contributed by atoms with E-state index in [1.54, 1.807) is 18.2 Å². The molecule has 4 N–H and O–H groups in total. The SMILES string of the molecule is Cc1cc(C(=O)NCC(C)C)ccc1NC(=O)CCN. The van der Waals surface area contributed by atoms with Crippen LogP contribution < -0.4 is 16.4 Å². The van der Waals surface area contributed by atoms with E-state index in [1.807, 2.05) is 20.8 Å². The maximum Gasteiger partial charge on any atom is 0.251 e. The van der Waals surface area contributed by atoms with Crippen LogP contribution in [0.4, 0.5) is 5.69 Å². The third-order valence-electron chi connectivity index (χ3n) is 2.80. The number of amides is 2. The molecule has 0 atom stereocenters. The molecule has 0 aliphatic rings. The molecule has 5 heteroatoms. The van der Waals surface area contributed by atoms with Gasteiger partial charge in [-0.15, -0.1) is 0 Å². The number of nitrogens with two attached hydrogens (primary N) is 1. The maximum absolute atomic E-state index is 11.9. The van der Waals surface area contributed by atoms with Crippen LogP contribution in [0.25, 0.3) is 0 Å². The van der Waals surface area contributed by atoms with E-state index in [-0.39, 0.29) is 18.2 Å². The lowest BCUT2D eigenvalue weighted by molar-refractivity contribution is -0.116. The highest BCUT2D eigenvalue weighted by Crippen LogP contribution is 2.16. The van der Waals surface area contributed by atoms with Gasteiger partial charge in [0.2, 0.25) is 5.91 Å². The zero-order valence-electron chi connectivity index (χ0n) is 12.3. The smallest absolute Gasteiger partial charge is 0.251 e. The Morgan fingerprint density at radius 1 is 1.30 bits per heavy atom. The summed E-state index contributed by atoms with van der Waals surface area (Å²) in [5.41, 5.74) is 7.49. The number of anilines is 1. The number of hydrogen-bond acceptors (Lipinski definition) is 3. The first-order valence-electron chi connectivity index (χ1n) is 6.82. The second kappa shape index (κ2) is 7.65. The average Bonchev–Trinajstić information content (AvgIpc) is 2.38. The Morgan fingerprint density at radius 2 is 2.00 bits per heavy atom. The molecule has 0 saturated carbocycles. The molecule has 1 rings (SSSR count). The quantitative estimate of drug-likeness (QED) is 0.739. The lowest BCUT2D eigenvalue weighted by atomic mass is 10.1. The number of carbonyl (C=O) groups is 2. The van der Waals surface area contributed by atoms with Crippen molar-refractivity contribution in [3.63, 3.8) is 0 Å². The molecule has 0 heterocycles. The van der Waals surface area contributed by atoms with Gasteiger partial charge in [0.15, 0.2) is 0 Å². The van der Waals surface area contributed by atoms with Crippen molar-refractivity contribution in [1.29, 1.82) is 0 Å². The van der Waals surface area contributed by atoms with Crippen molar-refractivity contribution in [2.24, 2.45) is 11.7 Å². The van der Waals surface area contributed by atoms with Crippen LogP contribution in [0.5, 0.6) is 0 Å². The summed E-state index contributed by atoms with van der Waals surface area (Å²) in [6, 6.07) is 5.22. The minimum Gasteiger partial charge on any atom is -0.352 e. The summed E-state index contributed by atoms with van der Waals surface area (Å²) >= 11 is 0. The number of carbonyl (C=O) groups excluding carboxylic acids is 2. The van der Waals surface area contributed by atoms with E-state index in [9.17, 15) is 9.59 Å². The van der Waals surface area contributed by atoms with Crippen LogP contribution in [-0.4, -0.2) is 24.9 Å². The number of aryl methyl sites for hydroxylation is 1. The van der Waals surface area contributed by atoms with Gasteiger partial charge >= 0.3 is 0 Å². The van der Waals surface area contributed by atoms with Gasteiger partial charge in [-0.1, -0.05) is 13.8 Å². The van der Waals surface area contributed by atoms with Crippen LogP contribution >= 0.6 is 0 Å². The lowest BCUT2D eigenvalue weighted by Crippen LogP contribution is -2.27. The first-order chi connectivity index (χ1) is 9.43. The molecule has 0 aromatic heterocycles. The number of rotatable bonds is 6. The van der Waals surface area contributed by atoms with Gasteiger partial charge in [0, 0.05) is 30.8 Å². The number of hydrogen-bond donors (Lipinski definition) is 3. The maximum atomic E-state index is 11.9. The summed E-state index contributed by atoms with van der Waals surface area (Å²) in [7, 11) is 0. The molecule has 20 heavy (non-hydrogen) atoms. The van der Waals surface area contributed by atoms with Gasteiger partial charge in [-0.2, -0.15) is 0 Å². The zero-order chi connectivity index (χ0) is 15.1. The third-order valence-corrected chi connectivity index (χ3v) is 2.80. The van der Waals surface area contributed by atoms with Gasteiger partial charge < -0.3 is 16.4 Å². The van der Waals surface area contributed by atoms with Crippen LogP contribution in [0.2, 0.25) is 0 Å². The highest BCUT2D eigenvalue weighted by molar-refractivity contribution is 5.96. The highest BCUT2D eigenvalue weighted by Gasteiger charge is 2.09. The summed E-state index contributed by atoms with van der Waals surface area (Å²) in [5.74, 6) is 0.198. The van der Waals surface area contributed by atoms with E-state index in [2.05, 4.69) is 10.6 Å². The van der Waals surface area contributed by atoms with Crippen molar-refractivity contribution in [3.8, 4) is 0 Å². The summed E-state index contributed by atoms with van der Waals surface area (Å²) in [4.78, 5) is 23.4. The molecule has 5 nitrogen and oxygen atoms in total. The molecule has 2 amide bonds. The standard InChI is InChI=1S/C15H23N3O2/c1-10(2)9-17-15(20)12-4-5-13(11(3)8-12)18-14(19)6-7-16/h4-5,8,10H,6-7,9,16H2,1-3H3,(H,17,20)(H,18,19). The fourth-order valence-corrected chi connectivity index (χ4v) is 1.69. The van der Waals surface area contributed by atoms with Crippen molar-refractivity contribution in [3.05, 3.63) is 29.3 Å². The van der Waals surface area contributed by atoms with Crippen molar-refractivity contribution in [1.82, 2.24) is 5.32 Å². The van der Waals surface area contributed by atoms with Gasteiger partial charge in [-0.05, 0) is 36.6 Å². The van der Waals surface area contributed by atoms with Gasteiger partial charge in [0.1, 0.15) is 0 Å². The second-order valence-electron chi connectivity index (χ2n) is 5.22. The van der Waals surface area contributed by atoms with Crippen LogP contribution in [-0.2, 0) is 4.79 Å². The van der Waals surface area contributed by atoms with Crippen molar-refractivity contribution >= 4 is 17.5 Å². The number of benzene rings is 1. The molecule has 1 aromatic carbocycles. The summed E-state index contributed by atoms with van der Waals surface area (Å²) in [6.07, 6.45) is 0.288. The summed E-state index contributed by atoms with van der Waals surface area (Å²) in [6.45, 7) is 6.91. The normalized spacial score (nSPS) is 10.4. The summed E-state index contributed by atoms with van der Waals surface area (Å²) in [5, 5.41) is 5.64. The molecule has 0 aliphatic heterocycles. The minimum absolute atomic E-state index is 0.0957. The largest absolute Gasteiger partial charge is 0.352 e. The van der Waals surface area contributed by atoms with Crippen LogP contribution in [0, 0.1) is 12.8 Å². The predicted octanol–water partition coefficient (Wildman–Crippen LogP) is 1.67. The molecule has 0 bridgehead atoms. The Morgan fingerprint density at radius 3 is 2.55 bits per heavy atom. The molecule has 0 spiro atoms. The van der Waals surface area contributed by atoms with Crippen LogP contribution in [0.1, 0.15) is 36.2 Å². The molecule has 1 aromatic rings. The molecule has 110 valence electrons.